The summed E-state index contributed by atoms with van der Waals surface area (Å²) in [4.78, 5) is 8.28. The molecular formula is C12H18F3N3. The van der Waals surface area contributed by atoms with Crippen molar-refractivity contribution in [2.75, 3.05) is 6.54 Å². The number of nitrogens with two attached hydrogens (primary N) is 1. The lowest BCUT2D eigenvalue weighted by atomic mass is 9.98. The molecule has 1 heterocycles. The highest BCUT2D eigenvalue weighted by molar-refractivity contribution is 5.28. The summed E-state index contributed by atoms with van der Waals surface area (Å²) >= 11 is 0. The zero-order valence-electron chi connectivity index (χ0n) is 10.8. The Morgan fingerprint density at radius 1 is 1.17 bits per heavy atom. The molecule has 3 nitrogen and oxygen atoms in total. The molecule has 0 spiro atoms. The Bertz CT molecular complexity index is 393. The molecule has 102 valence electrons. The number of aryl methyl sites for hydroxylation is 3. The maximum Gasteiger partial charge on any atom is 0.389 e. The van der Waals surface area contributed by atoms with Crippen LogP contribution in [0.3, 0.4) is 0 Å². The SMILES string of the molecule is Cc1nc(CCC(F)(F)F)nc(C)c1C(C)CN. The molecule has 1 rings (SSSR count). The van der Waals surface area contributed by atoms with Gasteiger partial charge in [0.15, 0.2) is 0 Å². The molecule has 1 aromatic heterocycles. The fourth-order valence-corrected chi connectivity index (χ4v) is 1.99. The lowest BCUT2D eigenvalue weighted by Gasteiger charge is -2.16. The van der Waals surface area contributed by atoms with E-state index in [-0.39, 0.29) is 18.2 Å². The highest BCUT2D eigenvalue weighted by Crippen LogP contribution is 2.23. The van der Waals surface area contributed by atoms with Gasteiger partial charge in [0, 0.05) is 17.8 Å². The van der Waals surface area contributed by atoms with Crippen molar-refractivity contribution >= 4 is 0 Å². The van der Waals surface area contributed by atoms with E-state index in [0.717, 1.165) is 17.0 Å². The van der Waals surface area contributed by atoms with Crippen LogP contribution in [0.2, 0.25) is 0 Å². The second kappa shape index (κ2) is 5.65. The molecule has 0 aliphatic rings. The highest BCUT2D eigenvalue weighted by Gasteiger charge is 2.27. The predicted molar refractivity (Wildman–Crippen MR) is 63.4 cm³/mol. The first-order valence-electron chi connectivity index (χ1n) is 5.85. The lowest BCUT2D eigenvalue weighted by Crippen LogP contribution is -2.16. The van der Waals surface area contributed by atoms with Gasteiger partial charge in [-0.3, -0.25) is 0 Å². The molecule has 0 radical (unpaired) electrons. The number of rotatable bonds is 4. The average molecular weight is 261 g/mol. The van der Waals surface area contributed by atoms with Crippen molar-refractivity contribution in [3.63, 3.8) is 0 Å². The van der Waals surface area contributed by atoms with E-state index < -0.39 is 12.6 Å². The molecule has 0 fully saturated rings. The van der Waals surface area contributed by atoms with E-state index in [1.807, 2.05) is 6.92 Å². The van der Waals surface area contributed by atoms with Gasteiger partial charge >= 0.3 is 6.18 Å². The molecule has 6 heteroatoms. The quantitative estimate of drug-likeness (QED) is 0.906. The third-order valence-electron chi connectivity index (χ3n) is 2.85. The number of nitrogens with zero attached hydrogens (tertiary/aromatic N) is 2. The zero-order chi connectivity index (χ0) is 13.9. The van der Waals surface area contributed by atoms with Crippen molar-refractivity contribution in [2.24, 2.45) is 5.73 Å². The van der Waals surface area contributed by atoms with E-state index >= 15 is 0 Å². The van der Waals surface area contributed by atoms with Gasteiger partial charge in [-0.25, -0.2) is 9.97 Å². The van der Waals surface area contributed by atoms with Gasteiger partial charge in [-0.2, -0.15) is 13.2 Å². The van der Waals surface area contributed by atoms with Gasteiger partial charge in [-0.15, -0.1) is 0 Å². The number of aromatic nitrogens is 2. The van der Waals surface area contributed by atoms with Crippen LogP contribution in [0.15, 0.2) is 0 Å². The summed E-state index contributed by atoms with van der Waals surface area (Å²) in [7, 11) is 0. The maximum absolute atomic E-state index is 12.1. The Morgan fingerprint density at radius 2 is 1.67 bits per heavy atom. The first-order chi connectivity index (χ1) is 8.24. The number of halogens is 3. The fraction of sp³-hybridized carbons (Fsp3) is 0.667. The van der Waals surface area contributed by atoms with Gasteiger partial charge in [0.05, 0.1) is 6.42 Å². The average Bonchev–Trinajstić information content (AvgIpc) is 2.24. The zero-order valence-corrected chi connectivity index (χ0v) is 10.8. The summed E-state index contributed by atoms with van der Waals surface area (Å²) in [6, 6.07) is 0. The minimum absolute atomic E-state index is 0.113. The molecular weight excluding hydrogens is 243 g/mol. The van der Waals surface area contributed by atoms with Crippen LogP contribution in [0.4, 0.5) is 13.2 Å². The van der Waals surface area contributed by atoms with Crippen LogP contribution in [0.1, 0.15) is 42.0 Å². The minimum Gasteiger partial charge on any atom is -0.330 e. The van der Waals surface area contributed by atoms with Crippen molar-refractivity contribution in [1.29, 1.82) is 0 Å². The van der Waals surface area contributed by atoms with Gasteiger partial charge in [-0.1, -0.05) is 6.92 Å². The van der Waals surface area contributed by atoms with E-state index in [4.69, 9.17) is 5.73 Å². The molecule has 1 atom stereocenters. The van der Waals surface area contributed by atoms with Crippen LogP contribution in [-0.2, 0) is 6.42 Å². The summed E-state index contributed by atoms with van der Waals surface area (Å²) < 4.78 is 36.4. The van der Waals surface area contributed by atoms with Gasteiger partial charge in [0.25, 0.3) is 0 Å². The van der Waals surface area contributed by atoms with Crippen molar-refractivity contribution in [3.8, 4) is 0 Å². The molecule has 0 aliphatic carbocycles. The Labute approximate surface area is 105 Å². The van der Waals surface area contributed by atoms with Crippen molar-refractivity contribution in [1.82, 2.24) is 9.97 Å². The first kappa shape index (κ1) is 14.9. The largest absolute Gasteiger partial charge is 0.389 e. The summed E-state index contributed by atoms with van der Waals surface area (Å²) in [6.45, 7) is 5.99. The monoisotopic (exact) mass is 261 g/mol. The molecule has 0 bridgehead atoms. The topological polar surface area (TPSA) is 51.8 Å². The molecule has 0 saturated carbocycles. The number of hydrogen-bond acceptors (Lipinski definition) is 3. The molecule has 2 N–H and O–H groups in total. The van der Waals surface area contributed by atoms with Crippen LogP contribution in [0, 0.1) is 13.8 Å². The van der Waals surface area contributed by atoms with Crippen molar-refractivity contribution in [2.45, 2.75) is 45.7 Å². The molecule has 1 aromatic rings. The van der Waals surface area contributed by atoms with E-state index in [1.165, 1.54) is 0 Å². The van der Waals surface area contributed by atoms with Gasteiger partial charge in [0.1, 0.15) is 5.82 Å². The van der Waals surface area contributed by atoms with E-state index in [0.29, 0.717) is 6.54 Å². The van der Waals surface area contributed by atoms with Crippen molar-refractivity contribution < 1.29 is 13.2 Å². The van der Waals surface area contributed by atoms with Crippen LogP contribution in [-0.4, -0.2) is 22.7 Å². The Kier molecular flexibility index (Phi) is 4.67. The Morgan fingerprint density at radius 3 is 2.06 bits per heavy atom. The summed E-state index contributed by atoms with van der Waals surface area (Å²) in [5.74, 6) is 0.358. The third kappa shape index (κ3) is 3.94. The fourth-order valence-electron chi connectivity index (χ4n) is 1.99. The van der Waals surface area contributed by atoms with E-state index in [1.54, 1.807) is 13.8 Å². The predicted octanol–water partition coefficient (Wildman–Crippen LogP) is 2.65. The molecule has 0 aromatic carbocycles. The van der Waals surface area contributed by atoms with Gasteiger partial charge in [-0.05, 0) is 31.9 Å². The summed E-state index contributed by atoms with van der Waals surface area (Å²) in [6.07, 6.45) is -5.24. The van der Waals surface area contributed by atoms with Crippen molar-refractivity contribution in [3.05, 3.63) is 22.8 Å². The highest BCUT2D eigenvalue weighted by atomic mass is 19.4. The third-order valence-corrected chi connectivity index (χ3v) is 2.85. The molecule has 1 unspecified atom stereocenters. The normalized spacial score (nSPS) is 13.7. The molecule has 0 amide bonds. The number of alkyl halides is 3. The van der Waals surface area contributed by atoms with Crippen LogP contribution in [0.25, 0.3) is 0 Å². The lowest BCUT2D eigenvalue weighted by molar-refractivity contribution is -0.134. The van der Waals surface area contributed by atoms with Crippen LogP contribution >= 0.6 is 0 Å². The standard InChI is InChI=1S/C12H18F3N3/c1-7(6-16)11-8(2)17-10(18-9(11)3)4-5-12(13,14)15/h7H,4-6,16H2,1-3H3. The molecule has 18 heavy (non-hydrogen) atoms. The Balaban J connectivity index is 2.93. The second-order valence-electron chi connectivity index (χ2n) is 4.48. The maximum atomic E-state index is 12.1. The van der Waals surface area contributed by atoms with Gasteiger partial charge < -0.3 is 5.73 Å². The van der Waals surface area contributed by atoms with E-state index in [9.17, 15) is 13.2 Å². The first-order valence-corrected chi connectivity index (χ1v) is 5.85. The smallest absolute Gasteiger partial charge is 0.330 e. The second-order valence-corrected chi connectivity index (χ2v) is 4.48. The van der Waals surface area contributed by atoms with Gasteiger partial charge in [0.2, 0.25) is 0 Å². The summed E-state index contributed by atoms with van der Waals surface area (Å²) in [5, 5.41) is 0. The van der Waals surface area contributed by atoms with Crippen LogP contribution < -0.4 is 5.73 Å². The number of hydrogen-bond donors (Lipinski definition) is 1. The van der Waals surface area contributed by atoms with E-state index in [2.05, 4.69) is 9.97 Å². The van der Waals surface area contributed by atoms with Crippen LogP contribution in [0.5, 0.6) is 0 Å². The molecule has 0 saturated heterocycles. The molecule has 0 aliphatic heterocycles. The summed E-state index contributed by atoms with van der Waals surface area (Å²) in [5.41, 5.74) is 7.97. The Hall–Kier alpha value is -1.17. The minimum atomic E-state index is -4.17.